The number of ether oxygens (including phenoxy) is 1. The summed E-state index contributed by atoms with van der Waals surface area (Å²) in [5.74, 6) is 0.508. The Labute approximate surface area is 176 Å². The van der Waals surface area contributed by atoms with Gasteiger partial charge in [0.2, 0.25) is 0 Å². The third-order valence-electron chi connectivity index (χ3n) is 4.96. The van der Waals surface area contributed by atoms with E-state index in [9.17, 15) is 9.59 Å². The number of rotatable bonds is 6. The van der Waals surface area contributed by atoms with Crippen molar-refractivity contribution in [2.45, 2.75) is 20.4 Å². The molecule has 0 radical (unpaired) electrons. The Kier molecular flexibility index (Phi) is 6.69. The summed E-state index contributed by atoms with van der Waals surface area (Å²) in [4.78, 5) is 25.4. The molecule has 3 N–H and O–H groups in total. The van der Waals surface area contributed by atoms with Gasteiger partial charge in [0.25, 0.3) is 5.91 Å². The van der Waals surface area contributed by atoms with Crippen molar-refractivity contribution in [3.63, 3.8) is 0 Å². The quantitative estimate of drug-likeness (QED) is 0.590. The summed E-state index contributed by atoms with van der Waals surface area (Å²) in [6.07, 6.45) is 0. The lowest BCUT2D eigenvalue weighted by Gasteiger charge is -2.15. The predicted molar refractivity (Wildman–Crippen MR) is 119 cm³/mol. The Morgan fingerprint density at radius 2 is 1.70 bits per heavy atom. The van der Waals surface area contributed by atoms with E-state index in [2.05, 4.69) is 28.8 Å². The number of nitrogens with one attached hydrogen (secondary N) is 3. The van der Waals surface area contributed by atoms with Gasteiger partial charge in [0.15, 0.2) is 6.54 Å². The van der Waals surface area contributed by atoms with Gasteiger partial charge in [-0.05, 0) is 54.4 Å². The SMILES string of the molecule is COc1ccc2cc(C[NH+](C)CC(=O)NC(=O)Nc3ccc(C)cc3C)ccc2c1. The summed E-state index contributed by atoms with van der Waals surface area (Å²) >= 11 is 0. The molecule has 0 heterocycles. The number of quaternary nitrogens is 1. The van der Waals surface area contributed by atoms with Crippen molar-refractivity contribution < 1.29 is 19.2 Å². The fraction of sp³-hybridized carbons (Fsp3) is 0.250. The van der Waals surface area contributed by atoms with Crippen LogP contribution in [-0.2, 0) is 11.3 Å². The highest BCUT2D eigenvalue weighted by atomic mass is 16.5. The van der Waals surface area contributed by atoms with Crippen molar-refractivity contribution >= 4 is 28.4 Å². The van der Waals surface area contributed by atoms with Crippen molar-refractivity contribution in [2.75, 3.05) is 26.0 Å². The number of anilines is 1. The Hall–Kier alpha value is -3.38. The van der Waals surface area contributed by atoms with Crippen LogP contribution >= 0.6 is 0 Å². The molecular weight excluding hydrogens is 378 g/mol. The van der Waals surface area contributed by atoms with Crippen molar-refractivity contribution in [3.8, 4) is 5.75 Å². The van der Waals surface area contributed by atoms with Crippen LogP contribution in [0.5, 0.6) is 5.75 Å². The summed E-state index contributed by atoms with van der Waals surface area (Å²) in [5.41, 5.74) is 3.89. The van der Waals surface area contributed by atoms with Gasteiger partial charge in [0.05, 0.1) is 14.2 Å². The highest BCUT2D eigenvalue weighted by Gasteiger charge is 2.14. The molecule has 0 saturated heterocycles. The number of carbonyl (C=O) groups is 2. The first kappa shape index (κ1) is 21.3. The summed E-state index contributed by atoms with van der Waals surface area (Å²) in [5, 5.41) is 7.37. The number of benzene rings is 3. The smallest absolute Gasteiger partial charge is 0.326 e. The van der Waals surface area contributed by atoms with Crippen LogP contribution in [-0.4, -0.2) is 32.6 Å². The Morgan fingerprint density at radius 1 is 0.967 bits per heavy atom. The zero-order chi connectivity index (χ0) is 21.7. The standard InChI is InChI=1S/C24H27N3O3/c1-16-5-10-22(17(2)11-16)25-24(29)26-23(28)15-27(3)14-18-6-7-20-13-21(30-4)9-8-19(20)12-18/h5-13H,14-15H2,1-4H3,(H2,25,26,28,29)/p+1. The average molecular weight is 407 g/mol. The fourth-order valence-electron chi connectivity index (χ4n) is 3.47. The zero-order valence-electron chi connectivity index (χ0n) is 17.8. The second kappa shape index (κ2) is 9.41. The molecule has 3 aromatic rings. The van der Waals surface area contributed by atoms with Gasteiger partial charge in [-0.25, -0.2) is 4.79 Å². The Bertz CT molecular complexity index is 1080. The largest absolute Gasteiger partial charge is 0.497 e. The van der Waals surface area contributed by atoms with Crippen LogP contribution in [0.3, 0.4) is 0 Å². The number of fused-ring (bicyclic) bond motifs is 1. The third kappa shape index (κ3) is 5.58. The van der Waals surface area contributed by atoms with E-state index in [1.165, 1.54) is 0 Å². The molecule has 30 heavy (non-hydrogen) atoms. The second-order valence-electron chi connectivity index (χ2n) is 7.68. The molecule has 0 saturated carbocycles. The van der Waals surface area contributed by atoms with E-state index >= 15 is 0 Å². The summed E-state index contributed by atoms with van der Waals surface area (Å²) < 4.78 is 5.26. The molecule has 1 unspecified atom stereocenters. The molecule has 3 amide bonds. The number of hydrogen-bond acceptors (Lipinski definition) is 3. The van der Waals surface area contributed by atoms with E-state index in [0.29, 0.717) is 12.2 Å². The van der Waals surface area contributed by atoms with E-state index in [-0.39, 0.29) is 12.5 Å². The van der Waals surface area contributed by atoms with Gasteiger partial charge in [0, 0.05) is 11.3 Å². The average Bonchev–Trinajstić information content (AvgIpc) is 2.69. The van der Waals surface area contributed by atoms with Crippen molar-refractivity contribution in [1.82, 2.24) is 5.32 Å². The van der Waals surface area contributed by atoms with Gasteiger partial charge in [0.1, 0.15) is 12.3 Å². The lowest BCUT2D eigenvalue weighted by Crippen LogP contribution is -3.09. The highest BCUT2D eigenvalue weighted by molar-refractivity contribution is 6.01. The minimum Gasteiger partial charge on any atom is -0.497 e. The molecule has 0 fully saturated rings. The monoisotopic (exact) mass is 406 g/mol. The molecule has 6 heteroatoms. The molecule has 156 valence electrons. The summed E-state index contributed by atoms with van der Waals surface area (Å²) in [6, 6.07) is 17.4. The topological polar surface area (TPSA) is 71.9 Å². The number of hydrogen-bond donors (Lipinski definition) is 3. The van der Waals surface area contributed by atoms with Gasteiger partial charge in [-0.2, -0.15) is 0 Å². The minimum absolute atomic E-state index is 0.195. The van der Waals surface area contributed by atoms with Crippen LogP contribution < -0.4 is 20.3 Å². The highest BCUT2D eigenvalue weighted by Crippen LogP contribution is 2.21. The summed E-state index contributed by atoms with van der Waals surface area (Å²) in [7, 11) is 3.58. The van der Waals surface area contributed by atoms with E-state index in [1.807, 2.05) is 57.3 Å². The molecular formula is C24H28N3O3+. The fourth-order valence-corrected chi connectivity index (χ4v) is 3.47. The number of amides is 3. The van der Waals surface area contributed by atoms with Crippen LogP contribution in [0.4, 0.5) is 10.5 Å². The van der Waals surface area contributed by atoms with E-state index < -0.39 is 6.03 Å². The van der Waals surface area contributed by atoms with Crippen molar-refractivity contribution in [1.29, 1.82) is 0 Å². The van der Waals surface area contributed by atoms with E-state index in [0.717, 1.165) is 38.1 Å². The maximum absolute atomic E-state index is 12.3. The van der Waals surface area contributed by atoms with Crippen LogP contribution in [0.1, 0.15) is 16.7 Å². The maximum atomic E-state index is 12.3. The van der Waals surface area contributed by atoms with Crippen LogP contribution in [0.15, 0.2) is 54.6 Å². The lowest BCUT2D eigenvalue weighted by atomic mass is 10.1. The van der Waals surface area contributed by atoms with Crippen LogP contribution in [0, 0.1) is 13.8 Å². The number of urea groups is 1. The van der Waals surface area contributed by atoms with Gasteiger partial charge in [-0.3, -0.25) is 10.1 Å². The first-order chi connectivity index (χ1) is 14.3. The van der Waals surface area contributed by atoms with E-state index in [1.54, 1.807) is 7.11 Å². The van der Waals surface area contributed by atoms with Crippen LogP contribution in [0.2, 0.25) is 0 Å². The molecule has 3 aromatic carbocycles. The van der Waals surface area contributed by atoms with Crippen molar-refractivity contribution in [2.24, 2.45) is 0 Å². The van der Waals surface area contributed by atoms with Crippen LogP contribution in [0.25, 0.3) is 10.8 Å². The zero-order valence-corrected chi connectivity index (χ0v) is 17.8. The molecule has 0 aliphatic carbocycles. The van der Waals surface area contributed by atoms with Gasteiger partial charge >= 0.3 is 6.03 Å². The molecule has 0 spiro atoms. The van der Waals surface area contributed by atoms with Gasteiger partial charge in [-0.15, -0.1) is 0 Å². The third-order valence-corrected chi connectivity index (χ3v) is 4.96. The van der Waals surface area contributed by atoms with Gasteiger partial charge in [-0.1, -0.05) is 35.9 Å². The minimum atomic E-state index is -0.514. The number of aryl methyl sites for hydroxylation is 2. The second-order valence-corrected chi connectivity index (χ2v) is 7.68. The lowest BCUT2D eigenvalue weighted by molar-refractivity contribution is -0.885. The molecule has 0 bridgehead atoms. The number of carbonyl (C=O) groups excluding carboxylic acids is 2. The molecule has 0 aliphatic rings. The molecule has 0 aliphatic heterocycles. The molecule has 0 aromatic heterocycles. The maximum Gasteiger partial charge on any atom is 0.326 e. The normalized spacial score (nSPS) is 11.7. The molecule has 1 atom stereocenters. The molecule has 3 rings (SSSR count). The summed E-state index contributed by atoms with van der Waals surface area (Å²) in [6.45, 7) is 4.78. The Balaban J connectivity index is 1.53. The predicted octanol–water partition coefficient (Wildman–Crippen LogP) is 2.83. The van der Waals surface area contributed by atoms with Crippen molar-refractivity contribution in [3.05, 3.63) is 71.3 Å². The van der Waals surface area contributed by atoms with Gasteiger partial charge < -0.3 is 15.0 Å². The number of methoxy groups -OCH3 is 1. The Morgan fingerprint density at radius 3 is 2.43 bits per heavy atom. The molecule has 6 nitrogen and oxygen atoms in total. The number of likely N-dealkylation sites (N-methyl/N-ethyl adjacent to an activating group) is 1. The first-order valence-electron chi connectivity index (χ1n) is 9.90. The van der Waals surface area contributed by atoms with E-state index in [4.69, 9.17) is 4.74 Å². The number of imide groups is 1. The first-order valence-corrected chi connectivity index (χ1v) is 9.90.